The lowest BCUT2D eigenvalue weighted by atomic mass is 10.1. The lowest BCUT2D eigenvalue weighted by molar-refractivity contribution is 0.322. The zero-order valence-electron chi connectivity index (χ0n) is 14.4. The minimum Gasteiger partial charge on any atom is -0.254 e. The number of hydrogen-bond acceptors (Lipinski definition) is 5. The van der Waals surface area contributed by atoms with E-state index in [9.17, 15) is 16.8 Å². The first-order valence-corrected chi connectivity index (χ1v) is 12.4. The summed E-state index contributed by atoms with van der Waals surface area (Å²) in [6.45, 7) is 0.529. The number of thiophene rings is 1. The molecule has 0 N–H and O–H groups in total. The Labute approximate surface area is 168 Å². The minimum absolute atomic E-state index is 0.213. The standard InChI is InChI=1S/C16H18ClN3O4S3/c1-18-13-4-2-3-5-14(13)20(27(18,23)24)12-8-10-19(11-9-12)26(21,22)16-7-6-15(17)25-16/h2-7,12H,8-11H2,1H3. The Morgan fingerprint density at radius 1 is 1.07 bits per heavy atom. The van der Waals surface area contributed by atoms with Crippen LogP contribution in [0.1, 0.15) is 12.8 Å². The normalized spacial score (nSPS) is 20.8. The molecule has 0 amide bonds. The molecule has 2 aliphatic heterocycles. The maximum Gasteiger partial charge on any atom is 0.326 e. The molecule has 1 aromatic heterocycles. The third-order valence-electron chi connectivity index (χ3n) is 4.95. The number of benzene rings is 1. The summed E-state index contributed by atoms with van der Waals surface area (Å²) >= 11 is 6.89. The van der Waals surface area contributed by atoms with E-state index in [1.807, 2.05) is 0 Å². The average Bonchev–Trinajstić information content (AvgIpc) is 3.16. The lowest BCUT2D eigenvalue weighted by Gasteiger charge is -2.36. The summed E-state index contributed by atoms with van der Waals surface area (Å²) in [5, 5.41) is 0. The smallest absolute Gasteiger partial charge is 0.254 e. The number of halogens is 1. The van der Waals surface area contributed by atoms with Gasteiger partial charge in [0, 0.05) is 26.2 Å². The molecule has 0 atom stereocenters. The molecule has 3 heterocycles. The number of piperidine rings is 1. The molecule has 0 radical (unpaired) electrons. The van der Waals surface area contributed by atoms with Crippen molar-refractivity contribution in [3.8, 4) is 0 Å². The van der Waals surface area contributed by atoms with E-state index < -0.39 is 20.2 Å². The number of nitrogens with zero attached hydrogens (tertiary/aromatic N) is 3. The monoisotopic (exact) mass is 447 g/mol. The van der Waals surface area contributed by atoms with Crippen molar-refractivity contribution in [3.05, 3.63) is 40.7 Å². The number of rotatable bonds is 3. The lowest BCUT2D eigenvalue weighted by Crippen LogP contribution is -2.49. The van der Waals surface area contributed by atoms with Gasteiger partial charge in [0.1, 0.15) is 4.21 Å². The van der Waals surface area contributed by atoms with Crippen LogP contribution >= 0.6 is 22.9 Å². The zero-order chi connectivity index (χ0) is 19.4. The van der Waals surface area contributed by atoms with Gasteiger partial charge in [0.2, 0.25) is 0 Å². The summed E-state index contributed by atoms with van der Waals surface area (Å²) < 4.78 is 56.0. The fourth-order valence-corrected chi connectivity index (χ4v) is 8.33. The molecule has 0 aliphatic carbocycles. The van der Waals surface area contributed by atoms with E-state index in [4.69, 9.17) is 11.6 Å². The molecule has 2 aliphatic rings. The highest BCUT2D eigenvalue weighted by Crippen LogP contribution is 2.42. The van der Waals surface area contributed by atoms with Crippen molar-refractivity contribution in [2.45, 2.75) is 23.1 Å². The van der Waals surface area contributed by atoms with E-state index >= 15 is 0 Å². The Morgan fingerprint density at radius 3 is 2.30 bits per heavy atom. The molecule has 0 saturated carbocycles. The van der Waals surface area contributed by atoms with Gasteiger partial charge in [-0.25, -0.2) is 12.7 Å². The van der Waals surface area contributed by atoms with Gasteiger partial charge in [0.15, 0.2) is 0 Å². The van der Waals surface area contributed by atoms with Gasteiger partial charge in [-0.15, -0.1) is 11.3 Å². The quantitative estimate of drug-likeness (QED) is 0.724. The highest BCUT2D eigenvalue weighted by Gasteiger charge is 2.43. The maximum absolute atomic E-state index is 12.9. The van der Waals surface area contributed by atoms with Crippen LogP contribution in [0.15, 0.2) is 40.6 Å². The van der Waals surface area contributed by atoms with Gasteiger partial charge in [-0.05, 0) is 37.1 Å². The van der Waals surface area contributed by atoms with Gasteiger partial charge < -0.3 is 0 Å². The first-order chi connectivity index (χ1) is 12.7. The number of para-hydroxylation sites is 2. The van der Waals surface area contributed by atoms with Crippen molar-refractivity contribution in [2.24, 2.45) is 0 Å². The third-order valence-corrected chi connectivity index (χ3v) is 10.4. The van der Waals surface area contributed by atoms with Crippen LogP contribution in [0.2, 0.25) is 4.34 Å². The maximum atomic E-state index is 12.9. The molecule has 7 nitrogen and oxygen atoms in total. The summed E-state index contributed by atoms with van der Waals surface area (Å²) in [4.78, 5) is 0. The van der Waals surface area contributed by atoms with Gasteiger partial charge in [0.25, 0.3) is 10.0 Å². The van der Waals surface area contributed by atoms with Gasteiger partial charge in [0.05, 0.1) is 15.7 Å². The summed E-state index contributed by atoms with van der Waals surface area (Å²) in [5.74, 6) is 0. The number of sulfonamides is 1. The molecule has 27 heavy (non-hydrogen) atoms. The Kier molecular flexibility index (Phi) is 4.66. The van der Waals surface area contributed by atoms with Crippen molar-refractivity contribution in [2.75, 3.05) is 28.7 Å². The molecule has 1 fully saturated rings. The Bertz CT molecular complexity index is 1080. The Hall–Kier alpha value is -1.33. The van der Waals surface area contributed by atoms with E-state index in [1.165, 1.54) is 26.0 Å². The first-order valence-electron chi connectivity index (χ1n) is 8.36. The molecule has 2 aromatic rings. The summed E-state index contributed by atoms with van der Waals surface area (Å²) in [6.07, 6.45) is 0.861. The molecule has 1 saturated heterocycles. The van der Waals surface area contributed by atoms with Gasteiger partial charge in [-0.2, -0.15) is 12.7 Å². The molecule has 0 spiro atoms. The second kappa shape index (κ2) is 6.63. The van der Waals surface area contributed by atoms with Crippen LogP contribution in [0.5, 0.6) is 0 Å². The largest absolute Gasteiger partial charge is 0.326 e. The molecule has 0 unspecified atom stereocenters. The highest BCUT2D eigenvalue weighted by atomic mass is 35.5. The zero-order valence-corrected chi connectivity index (χ0v) is 17.7. The SMILES string of the molecule is CN1c2ccccc2N(C2CCN(S(=O)(=O)c3ccc(Cl)s3)CC2)S1(=O)=O. The van der Waals surface area contributed by atoms with Crippen LogP contribution in [-0.2, 0) is 20.2 Å². The van der Waals surface area contributed by atoms with Crippen LogP contribution in [0.4, 0.5) is 11.4 Å². The molecule has 0 bridgehead atoms. The third kappa shape index (κ3) is 3.03. The number of hydrogen-bond donors (Lipinski definition) is 0. The molecule has 146 valence electrons. The summed E-state index contributed by atoms with van der Waals surface area (Å²) in [6, 6.07) is 9.95. The summed E-state index contributed by atoms with van der Waals surface area (Å²) in [7, 11) is -5.71. The Morgan fingerprint density at radius 2 is 1.70 bits per heavy atom. The van der Waals surface area contributed by atoms with E-state index in [1.54, 1.807) is 30.3 Å². The van der Waals surface area contributed by atoms with Gasteiger partial charge >= 0.3 is 10.2 Å². The first kappa shape index (κ1) is 19.0. The minimum atomic E-state index is -3.64. The van der Waals surface area contributed by atoms with Crippen molar-refractivity contribution >= 4 is 54.5 Å². The van der Waals surface area contributed by atoms with Crippen LogP contribution < -0.4 is 8.61 Å². The molecular weight excluding hydrogens is 430 g/mol. The molecule has 11 heteroatoms. The van der Waals surface area contributed by atoms with Crippen LogP contribution in [0, 0.1) is 0 Å². The average molecular weight is 448 g/mol. The second-order valence-electron chi connectivity index (χ2n) is 6.45. The van der Waals surface area contributed by atoms with Crippen LogP contribution in [-0.4, -0.2) is 47.3 Å². The van der Waals surface area contributed by atoms with Crippen molar-refractivity contribution < 1.29 is 16.8 Å². The molecular formula is C16H18ClN3O4S3. The molecule has 4 rings (SSSR count). The van der Waals surface area contributed by atoms with Gasteiger partial charge in [-0.1, -0.05) is 23.7 Å². The predicted octanol–water partition coefficient (Wildman–Crippen LogP) is 2.76. The Balaban J connectivity index is 1.56. The van der Waals surface area contributed by atoms with Crippen LogP contribution in [0.25, 0.3) is 0 Å². The van der Waals surface area contributed by atoms with Crippen molar-refractivity contribution in [1.82, 2.24) is 4.31 Å². The highest BCUT2D eigenvalue weighted by molar-refractivity contribution is 7.94. The fraction of sp³-hybridized carbons (Fsp3) is 0.375. The van der Waals surface area contributed by atoms with E-state index in [0.717, 1.165) is 11.3 Å². The second-order valence-corrected chi connectivity index (χ2v) is 12.2. The van der Waals surface area contributed by atoms with E-state index in [0.29, 0.717) is 28.6 Å². The van der Waals surface area contributed by atoms with Crippen LogP contribution in [0.3, 0.4) is 0 Å². The topological polar surface area (TPSA) is 78.0 Å². The van der Waals surface area contributed by atoms with E-state index in [2.05, 4.69) is 0 Å². The van der Waals surface area contributed by atoms with Crippen molar-refractivity contribution in [3.63, 3.8) is 0 Å². The number of fused-ring (bicyclic) bond motifs is 1. The fourth-order valence-electron chi connectivity index (χ4n) is 3.56. The van der Waals surface area contributed by atoms with Crippen molar-refractivity contribution in [1.29, 1.82) is 0 Å². The number of anilines is 2. The predicted molar refractivity (Wildman–Crippen MR) is 107 cm³/mol. The van der Waals surface area contributed by atoms with E-state index in [-0.39, 0.29) is 23.3 Å². The van der Waals surface area contributed by atoms with Gasteiger partial charge in [-0.3, -0.25) is 4.31 Å². The summed E-state index contributed by atoms with van der Waals surface area (Å²) in [5.41, 5.74) is 1.28. The molecule has 1 aromatic carbocycles.